The van der Waals surface area contributed by atoms with Gasteiger partial charge in [-0.1, -0.05) is 0 Å². The number of amides is 1. The minimum absolute atomic E-state index is 0.0344. The van der Waals surface area contributed by atoms with Crippen LogP contribution in [0.4, 0.5) is 0 Å². The average Bonchev–Trinajstić information content (AvgIpc) is 2.69. The smallest absolute Gasteiger partial charge is 0.253 e. The molecule has 2 heterocycles. The summed E-state index contributed by atoms with van der Waals surface area (Å²) in [5.41, 5.74) is 4.99. The fourth-order valence-corrected chi connectivity index (χ4v) is 4.28. The highest BCUT2D eigenvalue weighted by Gasteiger charge is 2.49. The predicted molar refractivity (Wildman–Crippen MR) is 108 cm³/mol. The largest absolute Gasteiger partial charge is 0.492 e. The van der Waals surface area contributed by atoms with Gasteiger partial charge in [-0.3, -0.25) is 4.79 Å². The van der Waals surface area contributed by atoms with Crippen molar-refractivity contribution >= 4 is 5.91 Å². The van der Waals surface area contributed by atoms with Gasteiger partial charge in [0, 0.05) is 31.2 Å². The molecule has 1 amide bonds. The zero-order chi connectivity index (χ0) is 20.4. The SMILES string of the molecule is CN(C)[C@H]1CC2(CCN(C(=O)c3ccc(OCCN)cc3)CC2)OC[C@]1(C)O. The van der Waals surface area contributed by atoms with Gasteiger partial charge in [0.05, 0.1) is 12.2 Å². The molecule has 0 aromatic heterocycles. The van der Waals surface area contributed by atoms with E-state index in [1.807, 2.05) is 38.1 Å². The first-order chi connectivity index (χ1) is 13.3. The lowest BCUT2D eigenvalue weighted by Crippen LogP contribution is -2.62. The summed E-state index contributed by atoms with van der Waals surface area (Å²) in [7, 11) is 4.00. The van der Waals surface area contributed by atoms with E-state index in [0.29, 0.717) is 38.4 Å². The number of nitrogens with two attached hydrogens (primary N) is 1. The highest BCUT2D eigenvalue weighted by molar-refractivity contribution is 5.94. The number of carbonyl (C=O) groups is 1. The Morgan fingerprint density at radius 2 is 1.96 bits per heavy atom. The number of hydrogen-bond donors (Lipinski definition) is 2. The van der Waals surface area contributed by atoms with Crippen molar-refractivity contribution in [1.29, 1.82) is 0 Å². The van der Waals surface area contributed by atoms with E-state index >= 15 is 0 Å². The van der Waals surface area contributed by atoms with Crippen LogP contribution in [0.1, 0.15) is 36.5 Å². The number of hydrogen-bond acceptors (Lipinski definition) is 6. The summed E-state index contributed by atoms with van der Waals surface area (Å²) in [6, 6.07) is 7.26. The minimum Gasteiger partial charge on any atom is -0.492 e. The number of benzene rings is 1. The van der Waals surface area contributed by atoms with Crippen LogP contribution in [-0.4, -0.2) is 85.0 Å². The fraction of sp³-hybridized carbons (Fsp3) is 0.667. The molecule has 2 saturated heterocycles. The van der Waals surface area contributed by atoms with Crippen LogP contribution in [0, 0.1) is 0 Å². The highest BCUT2D eigenvalue weighted by atomic mass is 16.5. The van der Waals surface area contributed by atoms with Crippen LogP contribution in [0.5, 0.6) is 5.75 Å². The average molecular weight is 392 g/mol. The summed E-state index contributed by atoms with van der Waals surface area (Å²) in [5, 5.41) is 10.6. The topological polar surface area (TPSA) is 88.3 Å². The van der Waals surface area contributed by atoms with Crippen molar-refractivity contribution in [3.05, 3.63) is 29.8 Å². The summed E-state index contributed by atoms with van der Waals surface area (Å²) >= 11 is 0. The summed E-state index contributed by atoms with van der Waals surface area (Å²) in [4.78, 5) is 16.8. The molecule has 2 aliphatic heterocycles. The van der Waals surface area contributed by atoms with Crippen LogP contribution >= 0.6 is 0 Å². The van der Waals surface area contributed by atoms with E-state index in [9.17, 15) is 9.90 Å². The van der Waals surface area contributed by atoms with Crippen molar-refractivity contribution in [1.82, 2.24) is 9.80 Å². The molecule has 0 saturated carbocycles. The van der Waals surface area contributed by atoms with Crippen molar-refractivity contribution < 1.29 is 19.4 Å². The van der Waals surface area contributed by atoms with Crippen molar-refractivity contribution in [2.75, 3.05) is 46.9 Å². The lowest BCUT2D eigenvalue weighted by Gasteiger charge is -2.52. The summed E-state index contributed by atoms with van der Waals surface area (Å²) < 4.78 is 11.6. The van der Waals surface area contributed by atoms with Crippen molar-refractivity contribution in [2.24, 2.45) is 5.73 Å². The summed E-state index contributed by atoms with van der Waals surface area (Å²) in [6.45, 7) is 4.40. The predicted octanol–water partition coefficient (Wildman–Crippen LogP) is 1.10. The molecule has 0 aliphatic carbocycles. The van der Waals surface area contributed by atoms with Crippen LogP contribution in [0.15, 0.2) is 24.3 Å². The van der Waals surface area contributed by atoms with Crippen LogP contribution in [-0.2, 0) is 4.74 Å². The molecule has 1 spiro atoms. The van der Waals surface area contributed by atoms with E-state index in [4.69, 9.17) is 15.2 Å². The molecule has 2 fully saturated rings. The maximum atomic E-state index is 12.8. The van der Waals surface area contributed by atoms with Gasteiger partial charge in [-0.05, 0) is 64.5 Å². The molecule has 3 N–H and O–H groups in total. The van der Waals surface area contributed by atoms with Gasteiger partial charge in [0.25, 0.3) is 5.91 Å². The number of likely N-dealkylation sites (N-methyl/N-ethyl adjacent to an activating group) is 1. The molecule has 0 bridgehead atoms. The van der Waals surface area contributed by atoms with Gasteiger partial charge in [-0.25, -0.2) is 0 Å². The number of ether oxygens (including phenoxy) is 2. The van der Waals surface area contributed by atoms with Gasteiger partial charge in [0.2, 0.25) is 0 Å². The Hall–Kier alpha value is -1.67. The molecule has 7 nitrogen and oxygen atoms in total. The first-order valence-electron chi connectivity index (χ1n) is 10.0. The van der Waals surface area contributed by atoms with Crippen LogP contribution in [0.3, 0.4) is 0 Å². The molecule has 156 valence electrons. The number of piperidine rings is 1. The summed E-state index contributed by atoms with van der Waals surface area (Å²) in [6.07, 6.45) is 2.36. The molecule has 0 unspecified atom stereocenters. The first kappa shape index (κ1) is 21.0. The molecule has 1 aromatic carbocycles. The Bertz CT molecular complexity index is 667. The summed E-state index contributed by atoms with van der Waals surface area (Å²) in [5.74, 6) is 0.754. The van der Waals surface area contributed by atoms with E-state index in [1.54, 1.807) is 12.1 Å². The molecule has 2 aliphatic rings. The van der Waals surface area contributed by atoms with Gasteiger partial charge in [0.15, 0.2) is 0 Å². The normalized spacial score (nSPS) is 27.2. The molecule has 1 aromatic rings. The Balaban J connectivity index is 1.59. The molecule has 7 heteroatoms. The number of carbonyl (C=O) groups excluding carboxylic acids is 1. The van der Waals surface area contributed by atoms with Crippen LogP contribution in [0.25, 0.3) is 0 Å². The zero-order valence-electron chi connectivity index (χ0n) is 17.2. The third-order valence-electron chi connectivity index (χ3n) is 6.03. The molecule has 2 atom stereocenters. The highest BCUT2D eigenvalue weighted by Crippen LogP contribution is 2.40. The first-order valence-corrected chi connectivity index (χ1v) is 10.0. The van der Waals surface area contributed by atoms with Gasteiger partial charge in [-0.2, -0.15) is 0 Å². The lowest BCUT2D eigenvalue weighted by molar-refractivity contribution is -0.205. The molecule has 3 rings (SSSR count). The monoisotopic (exact) mass is 391 g/mol. The van der Waals surface area contributed by atoms with Crippen LogP contribution in [0.2, 0.25) is 0 Å². The second-order valence-corrected chi connectivity index (χ2v) is 8.47. The lowest BCUT2D eigenvalue weighted by atomic mass is 9.77. The molecule has 28 heavy (non-hydrogen) atoms. The van der Waals surface area contributed by atoms with Crippen molar-refractivity contribution in [2.45, 2.75) is 43.4 Å². The third kappa shape index (κ3) is 4.49. The number of nitrogens with zero attached hydrogens (tertiary/aromatic N) is 2. The third-order valence-corrected chi connectivity index (χ3v) is 6.03. The Labute approximate surface area is 167 Å². The zero-order valence-corrected chi connectivity index (χ0v) is 17.2. The maximum Gasteiger partial charge on any atom is 0.253 e. The number of likely N-dealkylation sites (tertiary alicyclic amines) is 1. The Morgan fingerprint density at radius 1 is 1.32 bits per heavy atom. The minimum atomic E-state index is -0.852. The second-order valence-electron chi connectivity index (χ2n) is 8.47. The van der Waals surface area contributed by atoms with Gasteiger partial charge < -0.3 is 30.1 Å². The number of rotatable bonds is 5. The number of aliphatic hydroxyl groups is 1. The second kappa shape index (κ2) is 8.37. The van der Waals surface area contributed by atoms with E-state index in [-0.39, 0.29) is 17.6 Å². The van der Waals surface area contributed by atoms with Crippen LogP contribution < -0.4 is 10.5 Å². The van der Waals surface area contributed by atoms with Gasteiger partial charge >= 0.3 is 0 Å². The molecular weight excluding hydrogens is 358 g/mol. The quantitative estimate of drug-likeness (QED) is 0.782. The van der Waals surface area contributed by atoms with Crippen molar-refractivity contribution in [3.8, 4) is 5.75 Å². The Morgan fingerprint density at radius 3 is 2.54 bits per heavy atom. The van der Waals surface area contributed by atoms with Crippen molar-refractivity contribution in [3.63, 3.8) is 0 Å². The standard InChI is InChI=1S/C21H33N3O4/c1-20(26)15-28-21(14-18(20)23(2)3)8-11-24(12-9-21)19(25)16-4-6-17(7-5-16)27-13-10-22/h4-7,18,26H,8-15,22H2,1-3H3/t18-,20-/m0/s1. The molecular formula is C21H33N3O4. The molecule has 0 radical (unpaired) electrons. The van der Waals surface area contributed by atoms with E-state index in [2.05, 4.69) is 4.90 Å². The van der Waals surface area contributed by atoms with Gasteiger partial charge in [0.1, 0.15) is 18.0 Å². The van der Waals surface area contributed by atoms with Gasteiger partial charge in [-0.15, -0.1) is 0 Å². The van der Waals surface area contributed by atoms with E-state index in [0.717, 1.165) is 25.0 Å². The van der Waals surface area contributed by atoms with E-state index in [1.165, 1.54) is 0 Å². The van der Waals surface area contributed by atoms with E-state index < -0.39 is 5.60 Å². The Kier molecular flexibility index (Phi) is 6.29. The fourth-order valence-electron chi connectivity index (χ4n) is 4.28. The maximum absolute atomic E-state index is 12.8.